The summed E-state index contributed by atoms with van der Waals surface area (Å²) in [5.41, 5.74) is 0.834. The van der Waals surface area contributed by atoms with Gasteiger partial charge in [-0.1, -0.05) is 0 Å². The lowest BCUT2D eigenvalue weighted by Crippen LogP contribution is -2.14. The van der Waals surface area contributed by atoms with Gasteiger partial charge in [0.2, 0.25) is 5.28 Å². The monoisotopic (exact) mass is 227 g/mol. The van der Waals surface area contributed by atoms with E-state index in [1.165, 1.54) is 6.42 Å². The Morgan fingerprint density at radius 3 is 3.27 bits per heavy atom. The van der Waals surface area contributed by atoms with Crippen LogP contribution < -0.4 is 5.32 Å². The smallest absolute Gasteiger partial charge is 0.222 e. The van der Waals surface area contributed by atoms with Crippen LogP contribution in [0.25, 0.3) is 0 Å². The fraction of sp³-hybridized carbons (Fsp3) is 0.600. The fourth-order valence-electron chi connectivity index (χ4n) is 1.64. The van der Waals surface area contributed by atoms with Gasteiger partial charge in [-0.15, -0.1) is 0 Å². The predicted octanol–water partition coefficient (Wildman–Crippen LogP) is 1.26. The number of nitrogens with one attached hydrogen (secondary N) is 1. The Bertz CT molecular complexity index is 315. The van der Waals surface area contributed by atoms with Gasteiger partial charge in [-0.25, -0.2) is 9.97 Å². The van der Waals surface area contributed by atoms with Crippen molar-refractivity contribution in [3.8, 4) is 0 Å². The first-order valence-electron chi connectivity index (χ1n) is 5.10. The first-order chi connectivity index (χ1) is 7.34. The van der Waals surface area contributed by atoms with Crippen LogP contribution in [0.15, 0.2) is 12.3 Å². The summed E-state index contributed by atoms with van der Waals surface area (Å²) < 4.78 is 5.57. The number of rotatable bonds is 4. The van der Waals surface area contributed by atoms with Gasteiger partial charge in [0.25, 0.3) is 0 Å². The lowest BCUT2D eigenvalue weighted by atomic mass is 10.1. The Hall–Kier alpha value is -0.710. The Morgan fingerprint density at radius 2 is 2.53 bits per heavy atom. The summed E-state index contributed by atoms with van der Waals surface area (Å²) in [6.07, 6.45) is 2.84. The first-order valence-corrected chi connectivity index (χ1v) is 5.48. The third-order valence-electron chi connectivity index (χ3n) is 2.45. The average molecular weight is 228 g/mol. The zero-order chi connectivity index (χ0) is 10.5. The Kier molecular flexibility index (Phi) is 3.88. The Morgan fingerprint density at radius 1 is 1.60 bits per heavy atom. The van der Waals surface area contributed by atoms with E-state index in [4.69, 9.17) is 16.3 Å². The molecule has 2 rings (SSSR count). The van der Waals surface area contributed by atoms with Crippen molar-refractivity contribution in [2.45, 2.75) is 13.0 Å². The van der Waals surface area contributed by atoms with Gasteiger partial charge in [-0.2, -0.15) is 0 Å². The first kappa shape index (κ1) is 10.8. The van der Waals surface area contributed by atoms with Crippen molar-refractivity contribution in [3.05, 3.63) is 23.2 Å². The molecule has 0 spiro atoms. The van der Waals surface area contributed by atoms with Crippen LogP contribution in [0.5, 0.6) is 0 Å². The molecular formula is C10H14ClN3O. The second kappa shape index (κ2) is 5.39. The second-order valence-corrected chi connectivity index (χ2v) is 4.03. The molecule has 1 atom stereocenters. The molecule has 1 aliphatic rings. The molecule has 0 bridgehead atoms. The third kappa shape index (κ3) is 3.41. The summed E-state index contributed by atoms with van der Waals surface area (Å²) in [5, 5.41) is 3.58. The van der Waals surface area contributed by atoms with E-state index < -0.39 is 0 Å². The van der Waals surface area contributed by atoms with Crippen LogP contribution in [0, 0.1) is 5.92 Å². The minimum Gasteiger partial charge on any atom is -0.375 e. The average Bonchev–Trinajstić information content (AvgIpc) is 2.71. The number of nitrogens with zero attached hydrogens (tertiary/aromatic N) is 2. The number of halogens is 1. The molecule has 82 valence electrons. The number of hydrogen-bond acceptors (Lipinski definition) is 4. The predicted molar refractivity (Wildman–Crippen MR) is 57.7 cm³/mol. The van der Waals surface area contributed by atoms with Gasteiger partial charge in [0.05, 0.1) is 18.9 Å². The highest BCUT2D eigenvalue weighted by Crippen LogP contribution is 2.09. The molecule has 0 amide bonds. The molecule has 1 saturated heterocycles. The van der Waals surface area contributed by atoms with Gasteiger partial charge in [-0.05, 0) is 36.6 Å². The second-order valence-electron chi connectivity index (χ2n) is 3.69. The van der Waals surface area contributed by atoms with E-state index in [1.807, 2.05) is 6.07 Å². The largest absolute Gasteiger partial charge is 0.375 e. The molecule has 2 heterocycles. The van der Waals surface area contributed by atoms with E-state index in [1.54, 1.807) is 6.20 Å². The van der Waals surface area contributed by atoms with Gasteiger partial charge in [0.1, 0.15) is 0 Å². The molecule has 5 heteroatoms. The van der Waals surface area contributed by atoms with Gasteiger partial charge in [0, 0.05) is 12.7 Å². The van der Waals surface area contributed by atoms with Crippen molar-refractivity contribution in [2.24, 2.45) is 5.92 Å². The molecule has 1 aliphatic heterocycles. The summed E-state index contributed by atoms with van der Waals surface area (Å²) in [7, 11) is 0. The quantitative estimate of drug-likeness (QED) is 0.787. The Balaban J connectivity index is 1.73. The van der Waals surface area contributed by atoms with Crippen LogP contribution in [0.1, 0.15) is 12.1 Å². The van der Waals surface area contributed by atoms with E-state index in [9.17, 15) is 0 Å². The minimum atomic E-state index is 0.277. The molecule has 1 N–H and O–H groups in total. The van der Waals surface area contributed by atoms with Crippen molar-refractivity contribution >= 4 is 11.6 Å². The van der Waals surface area contributed by atoms with E-state index in [0.717, 1.165) is 25.4 Å². The molecule has 0 radical (unpaired) electrons. The van der Waals surface area contributed by atoms with Crippen LogP contribution >= 0.6 is 11.6 Å². The molecular weight excluding hydrogens is 214 g/mol. The van der Waals surface area contributed by atoms with Crippen molar-refractivity contribution in [2.75, 3.05) is 19.7 Å². The number of ether oxygens (including phenoxy) is 1. The lowest BCUT2D eigenvalue weighted by molar-refractivity contribution is 0.0902. The minimum absolute atomic E-state index is 0.277. The summed E-state index contributed by atoms with van der Waals surface area (Å²) in [5.74, 6) is 0.641. The van der Waals surface area contributed by atoms with Crippen LogP contribution in [0.4, 0.5) is 0 Å². The highest BCUT2D eigenvalue weighted by molar-refractivity contribution is 6.28. The summed E-state index contributed by atoms with van der Waals surface area (Å²) in [4.78, 5) is 7.87. The van der Waals surface area contributed by atoms with Crippen molar-refractivity contribution in [1.82, 2.24) is 15.3 Å². The maximum absolute atomic E-state index is 5.66. The fourth-order valence-corrected chi connectivity index (χ4v) is 1.80. The standard InChI is InChI=1S/C10H14ClN3O/c11-10-13-4-2-9(14-10)7-15-6-8-1-3-12-5-8/h2,4,8,12H,1,3,5-7H2/t8-/m0/s1. The molecule has 0 unspecified atom stereocenters. The summed E-state index contributed by atoms with van der Waals surface area (Å²) >= 11 is 5.66. The van der Waals surface area contributed by atoms with E-state index in [2.05, 4.69) is 15.3 Å². The van der Waals surface area contributed by atoms with Crippen LogP contribution in [-0.4, -0.2) is 29.7 Å². The van der Waals surface area contributed by atoms with Gasteiger partial charge in [-0.3, -0.25) is 0 Å². The van der Waals surface area contributed by atoms with Crippen molar-refractivity contribution in [1.29, 1.82) is 0 Å². The maximum Gasteiger partial charge on any atom is 0.222 e. The van der Waals surface area contributed by atoms with E-state index in [0.29, 0.717) is 12.5 Å². The Labute approximate surface area is 94.0 Å². The lowest BCUT2D eigenvalue weighted by Gasteiger charge is -2.08. The zero-order valence-corrected chi connectivity index (χ0v) is 9.20. The maximum atomic E-state index is 5.66. The SMILES string of the molecule is Clc1nccc(COC[C@H]2CCNC2)n1. The van der Waals surface area contributed by atoms with Crippen molar-refractivity contribution in [3.63, 3.8) is 0 Å². The molecule has 4 nitrogen and oxygen atoms in total. The van der Waals surface area contributed by atoms with Crippen LogP contribution in [-0.2, 0) is 11.3 Å². The molecule has 0 saturated carbocycles. The number of aromatic nitrogens is 2. The van der Waals surface area contributed by atoms with E-state index in [-0.39, 0.29) is 5.28 Å². The topological polar surface area (TPSA) is 47.0 Å². The zero-order valence-electron chi connectivity index (χ0n) is 8.45. The third-order valence-corrected chi connectivity index (χ3v) is 2.63. The molecule has 0 aromatic carbocycles. The van der Waals surface area contributed by atoms with Gasteiger partial charge < -0.3 is 10.1 Å². The molecule has 15 heavy (non-hydrogen) atoms. The van der Waals surface area contributed by atoms with Gasteiger partial charge in [0.15, 0.2) is 0 Å². The molecule has 1 aromatic heterocycles. The molecule has 1 fully saturated rings. The van der Waals surface area contributed by atoms with Crippen LogP contribution in [0.2, 0.25) is 5.28 Å². The highest BCUT2D eigenvalue weighted by Gasteiger charge is 2.14. The number of hydrogen-bond donors (Lipinski definition) is 1. The summed E-state index contributed by atoms with van der Waals surface area (Å²) in [6, 6.07) is 1.82. The van der Waals surface area contributed by atoms with E-state index >= 15 is 0 Å². The molecule has 0 aliphatic carbocycles. The molecule has 1 aromatic rings. The van der Waals surface area contributed by atoms with Gasteiger partial charge >= 0.3 is 0 Å². The summed E-state index contributed by atoms with van der Waals surface area (Å²) in [6.45, 7) is 3.46. The highest BCUT2D eigenvalue weighted by atomic mass is 35.5. The van der Waals surface area contributed by atoms with Crippen LogP contribution in [0.3, 0.4) is 0 Å². The van der Waals surface area contributed by atoms with Crippen molar-refractivity contribution < 1.29 is 4.74 Å². The normalized spacial score (nSPS) is 20.7.